The van der Waals surface area contributed by atoms with E-state index in [9.17, 15) is 4.79 Å². The van der Waals surface area contributed by atoms with Gasteiger partial charge in [-0.15, -0.1) is 0 Å². The van der Waals surface area contributed by atoms with Gasteiger partial charge in [-0.05, 0) is 18.8 Å². The van der Waals surface area contributed by atoms with Gasteiger partial charge < -0.3 is 9.64 Å². The van der Waals surface area contributed by atoms with Crippen LogP contribution in [0.5, 0.6) is 0 Å². The molecule has 3 heteroatoms. The molecule has 0 aromatic heterocycles. The second-order valence-corrected chi connectivity index (χ2v) is 5.49. The van der Waals surface area contributed by atoms with Gasteiger partial charge in [0.2, 0.25) is 5.91 Å². The summed E-state index contributed by atoms with van der Waals surface area (Å²) in [5.41, 5.74) is -0.264. The molecule has 1 aliphatic rings. The molecule has 1 amide bonds. The van der Waals surface area contributed by atoms with Gasteiger partial charge in [0.1, 0.15) is 0 Å². The fourth-order valence-electron chi connectivity index (χ4n) is 1.97. The molecule has 0 spiro atoms. The van der Waals surface area contributed by atoms with E-state index in [1.165, 1.54) is 0 Å². The first-order chi connectivity index (χ1) is 6.91. The number of hydrogen-bond acceptors (Lipinski definition) is 2. The van der Waals surface area contributed by atoms with Crippen LogP contribution >= 0.6 is 0 Å². The summed E-state index contributed by atoms with van der Waals surface area (Å²) in [6.45, 7) is 8.48. The lowest BCUT2D eigenvalue weighted by Crippen LogP contribution is -2.40. The van der Waals surface area contributed by atoms with Crippen molar-refractivity contribution in [3.05, 3.63) is 0 Å². The molecule has 0 aliphatic carbocycles. The van der Waals surface area contributed by atoms with Gasteiger partial charge in [0.05, 0.1) is 0 Å². The van der Waals surface area contributed by atoms with Gasteiger partial charge in [0, 0.05) is 32.2 Å². The zero-order chi connectivity index (χ0) is 11.5. The van der Waals surface area contributed by atoms with Crippen molar-refractivity contribution < 1.29 is 9.53 Å². The first-order valence-corrected chi connectivity index (χ1v) is 5.74. The summed E-state index contributed by atoms with van der Waals surface area (Å²) in [4.78, 5) is 13.8. The van der Waals surface area contributed by atoms with E-state index in [1.807, 2.05) is 32.7 Å². The average Bonchev–Trinajstić information content (AvgIpc) is 2.16. The van der Waals surface area contributed by atoms with Crippen LogP contribution in [0.4, 0.5) is 0 Å². The molecule has 1 heterocycles. The van der Waals surface area contributed by atoms with Gasteiger partial charge >= 0.3 is 0 Å². The zero-order valence-corrected chi connectivity index (χ0v) is 10.4. The van der Waals surface area contributed by atoms with Crippen molar-refractivity contribution in [3.8, 4) is 0 Å². The Hall–Kier alpha value is -0.570. The Balaban J connectivity index is 2.40. The molecule has 15 heavy (non-hydrogen) atoms. The van der Waals surface area contributed by atoms with E-state index in [0.717, 1.165) is 32.6 Å². The van der Waals surface area contributed by atoms with Crippen LogP contribution in [0.15, 0.2) is 0 Å². The van der Waals surface area contributed by atoms with Crippen molar-refractivity contribution >= 4 is 5.91 Å². The van der Waals surface area contributed by atoms with Crippen LogP contribution in [0.3, 0.4) is 0 Å². The number of hydrogen-bond donors (Lipinski definition) is 0. The molecular weight excluding hydrogens is 190 g/mol. The van der Waals surface area contributed by atoms with Crippen molar-refractivity contribution in [3.63, 3.8) is 0 Å². The minimum atomic E-state index is -0.264. The smallest absolute Gasteiger partial charge is 0.227 e. The molecule has 0 saturated carbocycles. The quantitative estimate of drug-likeness (QED) is 0.701. The predicted octanol–water partition coefficient (Wildman–Crippen LogP) is 1.92. The second-order valence-electron chi connectivity index (χ2n) is 5.49. The molecule has 0 aromatic carbocycles. The summed E-state index contributed by atoms with van der Waals surface area (Å²) in [5, 5.41) is 0. The summed E-state index contributed by atoms with van der Waals surface area (Å²) in [7, 11) is 1.91. The molecule has 1 saturated heterocycles. The molecule has 1 aliphatic heterocycles. The van der Waals surface area contributed by atoms with Crippen LogP contribution in [-0.4, -0.2) is 37.6 Å². The fourth-order valence-corrected chi connectivity index (χ4v) is 1.97. The van der Waals surface area contributed by atoms with E-state index >= 15 is 0 Å². The third-order valence-corrected chi connectivity index (χ3v) is 2.86. The van der Waals surface area contributed by atoms with E-state index < -0.39 is 0 Å². The molecule has 0 atom stereocenters. The SMILES string of the molecule is CN(CC1CCOCC1)C(=O)C(C)(C)C. The lowest BCUT2D eigenvalue weighted by Gasteiger charge is -2.31. The first kappa shape index (κ1) is 12.5. The summed E-state index contributed by atoms with van der Waals surface area (Å²) in [5.74, 6) is 0.851. The average molecular weight is 213 g/mol. The van der Waals surface area contributed by atoms with Crippen LogP contribution in [0, 0.1) is 11.3 Å². The maximum atomic E-state index is 11.9. The number of ether oxygens (including phenoxy) is 1. The summed E-state index contributed by atoms with van der Waals surface area (Å²) < 4.78 is 5.31. The highest BCUT2D eigenvalue weighted by atomic mass is 16.5. The minimum absolute atomic E-state index is 0.231. The molecule has 3 nitrogen and oxygen atoms in total. The van der Waals surface area contributed by atoms with Crippen molar-refractivity contribution in [2.24, 2.45) is 11.3 Å². The Labute approximate surface area is 92.8 Å². The van der Waals surface area contributed by atoms with E-state index in [1.54, 1.807) is 0 Å². The van der Waals surface area contributed by atoms with Crippen LogP contribution in [-0.2, 0) is 9.53 Å². The zero-order valence-electron chi connectivity index (χ0n) is 10.4. The van der Waals surface area contributed by atoms with E-state index in [0.29, 0.717) is 5.92 Å². The van der Waals surface area contributed by atoms with Gasteiger partial charge in [-0.2, -0.15) is 0 Å². The standard InChI is InChI=1S/C12H23NO2/c1-12(2,3)11(14)13(4)9-10-5-7-15-8-6-10/h10H,5-9H2,1-4H3. The Morgan fingerprint density at radius 1 is 1.33 bits per heavy atom. The molecule has 1 fully saturated rings. The third kappa shape index (κ3) is 3.82. The Morgan fingerprint density at radius 3 is 2.33 bits per heavy atom. The Kier molecular flexibility index (Phi) is 4.14. The summed E-state index contributed by atoms with van der Waals surface area (Å²) >= 11 is 0. The summed E-state index contributed by atoms with van der Waals surface area (Å²) in [6.07, 6.45) is 2.17. The van der Waals surface area contributed by atoms with Crippen LogP contribution in [0.1, 0.15) is 33.6 Å². The number of nitrogens with zero attached hydrogens (tertiary/aromatic N) is 1. The van der Waals surface area contributed by atoms with Crippen LogP contribution < -0.4 is 0 Å². The normalized spacial score (nSPS) is 18.9. The highest BCUT2D eigenvalue weighted by Crippen LogP contribution is 2.20. The topological polar surface area (TPSA) is 29.5 Å². The molecule has 88 valence electrons. The van der Waals surface area contributed by atoms with Gasteiger partial charge in [0.25, 0.3) is 0 Å². The van der Waals surface area contributed by atoms with Gasteiger partial charge in [-0.25, -0.2) is 0 Å². The Bertz CT molecular complexity index is 214. The number of carbonyl (C=O) groups excluding carboxylic acids is 1. The summed E-state index contributed by atoms with van der Waals surface area (Å²) in [6, 6.07) is 0. The predicted molar refractivity (Wildman–Crippen MR) is 60.6 cm³/mol. The highest BCUT2D eigenvalue weighted by molar-refractivity contribution is 5.81. The van der Waals surface area contributed by atoms with E-state index in [2.05, 4.69) is 0 Å². The van der Waals surface area contributed by atoms with Gasteiger partial charge in [0.15, 0.2) is 0 Å². The lowest BCUT2D eigenvalue weighted by molar-refractivity contribution is -0.139. The third-order valence-electron chi connectivity index (χ3n) is 2.86. The monoisotopic (exact) mass is 213 g/mol. The van der Waals surface area contributed by atoms with Gasteiger partial charge in [-0.3, -0.25) is 4.79 Å². The molecule has 0 radical (unpaired) electrons. The Morgan fingerprint density at radius 2 is 1.87 bits per heavy atom. The van der Waals surface area contributed by atoms with Crippen molar-refractivity contribution in [1.29, 1.82) is 0 Å². The molecule has 0 bridgehead atoms. The largest absolute Gasteiger partial charge is 0.381 e. The maximum Gasteiger partial charge on any atom is 0.227 e. The molecular formula is C12H23NO2. The van der Waals surface area contributed by atoms with Gasteiger partial charge in [-0.1, -0.05) is 20.8 Å². The highest BCUT2D eigenvalue weighted by Gasteiger charge is 2.26. The molecule has 1 rings (SSSR count). The second kappa shape index (κ2) is 4.97. The van der Waals surface area contributed by atoms with Crippen LogP contribution in [0.25, 0.3) is 0 Å². The lowest BCUT2D eigenvalue weighted by atomic mass is 9.93. The maximum absolute atomic E-state index is 11.9. The van der Waals surface area contributed by atoms with E-state index in [4.69, 9.17) is 4.74 Å². The van der Waals surface area contributed by atoms with Crippen molar-refractivity contribution in [1.82, 2.24) is 4.90 Å². The first-order valence-electron chi connectivity index (χ1n) is 5.74. The molecule has 0 unspecified atom stereocenters. The number of amides is 1. The van der Waals surface area contributed by atoms with E-state index in [-0.39, 0.29) is 11.3 Å². The number of rotatable bonds is 2. The van der Waals surface area contributed by atoms with Crippen molar-refractivity contribution in [2.45, 2.75) is 33.6 Å². The number of carbonyl (C=O) groups is 1. The van der Waals surface area contributed by atoms with Crippen LogP contribution in [0.2, 0.25) is 0 Å². The minimum Gasteiger partial charge on any atom is -0.381 e. The fraction of sp³-hybridized carbons (Fsp3) is 0.917. The molecule has 0 aromatic rings. The molecule has 0 N–H and O–H groups in total. The van der Waals surface area contributed by atoms with Crippen molar-refractivity contribution in [2.75, 3.05) is 26.8 Å².